The van der Waals surface area contributed by atoms with Gasteiger partial charge in [-0.05, 0) is 56.1 Å². The zero-order valence-corrected chi connectivity index (χ0v) is 16.7. The summed E-state index contributed by atoms with van der Waals surface area (Å²) in [5.41, 5.74) is 1.07. The topological polar surface area (TPSA) is 86.7 Å². The third kappa shape index (κ3) is 4.72. The molecule has 0 radical (unpaired) electrons. The summed E-state index contributed by atoms with van der Waals surface area (Å²) in [6.45, 7) is 5.81. The molecule has 6 nitrogen and oxygen atoms in total. The molecular formula is C22H30N2O4. The summed E-state index contributed by atoms with van der Waals surface area (Å²) in [6, 6.07) is 7.17. The van der Waals surface area contributed by atoms with Crippen LogP contribution in [0.15, 0.2) is 24.3 Å². The van der Waals surface area contributed by atoms with Crippen LogP contribution in [0.1, 0.15) is 56.3 Å². The molecule has 152 valence electrons. The highest BCUT2D eigenvalue weighted by Gasteiger charge is 2.31. The Morgan fingerprint density at radius 1 is 0.964 bits per heavy atom. The molecule has 28 heavy (non-hydrogen) atoms. The van der Waals surface area contributed by atoms with E-state index in [-0.39, 0.29) is 23.7 Å². The number of piperidine rings is 1. The number of likely N-dealkylation sites (tertiary alicyclic amines) is 1. The highest BCUT2D eigenvalue weighted by atomic mass is 16.4. The largest absolute Gasteiger partial charge is 0.481 e. The van der Waals surface area contributed by atoms with E-state index in [9.17, 15) is 14.4 Å². The number of carbonyl (C=O) groups is 3. The summed E-state index contributed by atoms with van der Waals surface area (Å²) in [6.07, 6.45) is 3.32. The van der Waals surface area contributed by atoms with Crippen LogP contribution in [0, 0.1) is 23.7 Å². The van der Waals surface area contributed by atoms with Crippen molar-refractivity contribution < 1.29 is 19.5 Å². The van der Waals surface area contributed by atoms with Gasteiger partial charge in [-0.2, -0.15) is 0 Å². The summed E-state index contributed by atoms with van der Waals surface area (Å²) < 4.78 is 0. The molecule has 1 aliphatic heterocycles. The fraction of sp³-hybridized carbons (Fsp3) is 0.591. The van der Waals surface area contributed by atoms with Gasteiger partial charge in [0, 0.05) is 19.0 Å². The zero-order valence-electron chi connectivity index (χ0n) is 16.7. The molecule has 2 fully saturated rings. The maximum atomic E-state index is 13.1. The molecule has 1 aliphatic carbocycles. The number of hydrogen-bond acceptors (Lipinski definition) is 3. The number of para-hydroxylation sites is 1. The van der Waals surface area contributed by atoms with Gasteiger partial charge in [-0.1, -0.05) is 26.0 Å². The van der Waals surface area contributed by atoms with Crippen LogP contribution in [-0.2, 0) is 9.59 Å². The summed E-state index contributed by atoms with van der Waals surface area (Å²) in [5.74, 6) is -0.541. The standard InChI is InChI=1S/C22H30N2O4/c1-14-11-15(2)13-24(12-14)21(26)18-5-3-4-6-19(18)23-20(25)16-7-9-17(10-8-16)22(27)28/h3-6,14-17H,7-13H2,1-2H3,(H,23,25)(H,27,28). The van der Waals surface area contributed by atoms with Gasteiger partial charge in [-0.25, -0.2) is 0 Å². The average molecular weight is 386 g/mol. The Bertz CT molecular complexity index is 730. The molecule has 2 aliphatic rings. The van der Waals surface area contributed by atoms with E-state index in [1.54, 1.807) is 12.1 Å². The fourth-order valence-corrected chi connectivity index (χ4v) is 4.62. The number of nitrogens with zero attached hydrogens (tertiary/aromatic N) is 1. The number of carboxylic acids is 1. The van der Waals surface area contributed by atoms with Gasteiger partial charge in [0.05, 0.1) is 17.2 Å². The van der Waals surface area contributed by atoms with Gasteiger partial charge in [0.1, 0.15) is 0 Å². The SMILES string of the molecule is CC1CC(C)CN(C(=O)c2ccccc2NC(=O)C2CCC(C(=O)O)CC2)C1. The maximum Gasteiger partial charge on any atom is 0.306 e. The summed E-state index contributed by atoms with van der Waals surface area (Å²) in [5, 5.41) is 12.0. The molecule has 3 rings (SSSR count). The summed E-state index contributed by atoms with van der Waals surface area (Å²) in [4.78, 5) is 38.8. The van der Waals surface area contributed by atoms with Crippen LogP contribution >= 0.6 is 0 Å². The lowest BCUT2D eigenvalue weighted by Crippen LogP contribution is -2.42. The van der Waals surface area contributed by atoms with Gasteiger partial charge >= 0.3 is 5.97 Å². The van der Waals surface area contributed by atoms with E-state index in [1.807, 2.05) is 17.0 Å². The molecule has 2 N–H and O–H groups in total. The minimum atomic E-state index is -0.778. The molecule has 2 amide bonds. The van der Waals surface area contributed by atoms with E-state index in [4.69, 9.17) is 5.11 Å². The number of hydrogen-bond donors (Lipinski definition) is 2. The highest BCUT2D eigenvalue weighted by molar-refractivity contribution is 6.04. The van der Waals surface area contributed by atoms with Crippen molar-refractivity contribution in [2.24, 2.45) is 23.7 Å². The van der Waals surface area contributed by atoms with Crippen molar-refractivity contribution in [3.8, 4) is 0 Å². The molecule has 2 atom stereocenters. The fourth-order valence-electron chi connectivity index (χ4n) is 4.62. The molecule has 1 aromatic rings. The Morgan fingerprint density at radius 2 is 1.54 bits per heavy atom. The lowest BCUT2D eigenvalue weighted by atomic mass is 9.81. The molecule has 0 bridgehead atoms. The number of benzene rings is 1. The quantitative estimate of drug-likeness (QED) is 0.827. The molecule has 0 spiro atoms. The first-order valence-electron chi connectivity index (χ1n) is 10.3. The van der Waals surface area contributed by atoms with Crippen LogP contribution in [0.5, 0.6) is 0 Å². The second-order valence-electron chi connectivity index (χ2n) is 8.58. The molecule has 0 aromatic heterocycles. The molecule has 1 saturated carbocycles. The molecule has 1 heterocycles. The number of anilines is 1. The van der Waals surface area contributed by atoms with Crippen LogP contribution in [0.2, 0.25) is 0 Å². The van der Waals surface area contributed by atoms with Crippen LogP contribution in [0.3, 0.4) is 0 Å². The monoisotopic (exact) mass is 386 g/mol. The zero-order chi connectivity index (χ0) is 20.3. The normalized spacial score (nSPS) is 27.9. The van der Waals surface area contributed by atoms with Gasteiger partial charge in [-0.15, -0.1) is 0 Å². The second kappa shape index (κ2) is 8.76. The van der Waals surface area contributed by atoms with E-state index in [1.165, 1.54) is 0 Å². The first-order chi connectivity index (χ1) is 13.3. The number of nitrogens with one attached hydrogen (secondary N) is 1. The Morgan fingerprint density at radius 3 is 2.14 bits per heavy atom. The Labute approximate surface area is 166 Å². The van der Waals surface area contributed by atoms with Gasteiger partial charge < -0.3 is 15.3 Å². The highest BCUT2D eigenvalue weighted by Crippen LogP contribution is 2.31. The van der Waals surface area contributed by atoms with Crippen molar-refractivity contribution >= 4 is 23.5 Å². The van der Waals surface area contributed by atoms with E-state index < -0.39 is 5.97 Å². The Balaban J connectivity index is 1.68. The van der Waals surface area contributed by atoms with E-state index >= 15 is 0 Å². The van der Waals surface area contributed by atoms with Crippen molar-refractivity contribution in [3.63, 3.8) is 0 Å². The maximum absolute atomic E-state index is 13.1. The Hall–Kier alpha value is -2.37. The van der Waals surface area contributed by atoms with Gasteiger partial charge in [0.15, 0.2) is 0 Å². The number of carboxylic acid groups (broad SMARTS) is 1. The van der Waals surface area contributed by atoms with Crippen molar-refractivity contribution in [1.82, 2.24) is 4.90 Å². The van der Waals surface area contributed by atoms with E-state index in [2.05, 4.69) is 19.2 Å². The number of carbonyl (C=O) groups excluding carboxylic acids is 2. The van der Waals surface area contributed by atoms with Gasteiger partial charge in [0.2, 0.25) is 5.91 Å². The Kier molecular flexibility index (Phi) is 6.37. The lowest BCUT2D eigenvalue weighted by Gasteiger charge is -2.35. The number of aliphatic carboxylic acids is 1. The van der Waals surface area contributed by atoms with Crippen molar-refractivity contribution in [2.75, 3.05) is 18.4 Å². The minimum absolute atomic E-state index is 0.0381. The van der Waals surface area contributed by atoms with Crippen molar-refractivity contribution in [1.29, 1.82) is 0 Å². The molecule has 2 unspecified atom stereocenters. The van der Waals surface area contributed by atoms with Crippen LogP contribution in [0.4, 0.5) is 5.69 Å². The van der Waals surface area contributed by atoms with Crippen LogP contribution < -0.4 is 5.32 Å². The second-order valence-corrected chi connectivity index (χ2v) is 8.58. The number of rotatable bonds is 4. The third-order valence-corrected chi connectivity index (χ3v) is 6.02. The third-order valence-electron chi connectivity index (χ3n) is 6.02. The van der Waals surface area contributed by atoms with Crippen molar-refractivity contribution in [3.05, 3.63) is 29.8 Å². The van der Waals surface area contributed by atoms with E-state index in [0.29, 0.717) is 48.8 Å². The smallest absolute Gasteiger partial charge is 0.306 e. The first kappa shape index (κ1) is 20.4. The molecule has 6 heteroatoms. The van der Waals surface area contributed by atoms with Gasteiger partial charge in [0.25, 0.3) is 5.91 Å². The summed E-state index contributed by atoms with van der Waals surface area (Å²) >= 11 is 0. The predicted molar refractivity (Wildman–Crippen MR) is 107 cm³/mol. The predicted octanol–water partition coefficient (Wildman–Crippen LogP) is 3.63. The molecule has 1 saturated heterocycles. The first-order valence-corrected chi connectivity index (χ1v) is 10.3. The molecular weight excluding hydrogens is 356 g/mol. The van der Waals surface area contributed by atoms with E-state index in [0.717, 1.165) is 19.5 Å². The van der Waals surface area contributed by atoms with Gasteiger partial charge in [-0.3, -0.25) is 14.4 Å². The van der Waals surface area contributed by atoms with Crippen LogP contribution in [0.25, 0.3) is 0 Å². The lowest BCUT2D eigenvalue weighted by molar-refractivity contribution is -0.143. The average Bonchev–Trinajstić information content (AvgIpc) is 2.67. The summed E-state index contributed by atoms with van der Waals surface area (Å²) in [7, 11) is 0. The number of amides is 2. The minimum Gasteiger partial charge on any atom is -0.481 e. The van der Waals surface area contributed by atoms with Crippen LogP contribution in [-0.4, -0.2) is 40.9 Å². The molecule has 1 aromatic carbocycles. The van der Waals surface area contributed by atoms with Crippen molar-refractivity contribution in [2.45, 2.75) is 46.0 Å².